The van der Waals surface area contributed by atoms with Gasteiger partial charge in [-0.25, -0.2) is 0 Å². The summed E-state index contributed by atoms with van der Waals surface area (Å²) < 4.78 is 0. The van der Waals surface area contributed by atoms with Gasteiger partial charge in [0.25, 0.3) is 11.8 Å². The van der Waals surface area contributed by atoms with Crippen LogP contribution >= 0.6 is 0 Å². The van der Waals surface area contributed by atoms with Crippen molar-refractivity contribution in [3.63, 3.8) is 0 Å². The number of carbonyl (C=O) groups excluding carboxylic acids is 3. The van der Waals surface area contributed by atoms with E-state index < -0.39 is 5.60 Å². The van der Waals surface area contributed by atoms with Gasteiger partial charge < -0.3 is 25.3 Å². The molecule has 8 heteroatoms. The Morgan fingerprint density at radius 2 is 1.61 bits per heavy atom. The van der Waals surface area contributed by atoms with Crippen molar-refractivity contribution < 1.29 is 24.6 Å². The van der Waals surface area contributed by atoms with E-state index in [1.807, 2.05) is 12.1 Å². The van der Waals surface area contributed by atoms with E-state index in [4.69, 9.17) is 0 Å². The first-order valence-corrected chi connectivity index (χ1v) is 10.4. The maximum absolute atomic E-state index is 12.9. The first-order valence-electron chi connectivity index (χ1n) is 10.4. The molecule has 0 atom stereocenters. The zero-order chi connectivity index (χ0) is 21.8. The molecule has 0 unspecified atom stereocenters. The fraction of sp³-hybridized carbons (Fsp3) is 0.348. The van der Waals surface area contributed by atoms with Crippen LogP contribution in [0.3, 0.4) is 0 Å². The summed E-state index contributed by atoms with van der Waals surface area (Å²) in [5.41, 5.74) is 2.39. The number of aromatic hydroxyl groups is 1. The van der Waals surface area contributed by atoms with Crippen LogP contribution in [0, 0.1) is 0 Å². The number of hydrogen-bond donors (Lipinski definition) is 3. The number of phenolic OH excluding ortho intramolecular Hbond substituents is 1. The van der Waals surface area contributed by atoms with Crippen LogP contribution in [-0.2, 0) is 16.0 Å². The number of nitrogens with one attached hydrogen (secondary N) is 1. The number of fused-ring (bicyclic) bond motifs is 1. The monoisotopic (exact) mass is 421 g/mol. The molecule has 0 aromatic heterocycles. The average Bonchev–Trinajstić information content (AvgIpc) is 3.42. The SMILES string of the molecule is O=C1Cc2c(cc(O)cc2-c2ccc(C(=O)N3CCN(C(=O)C4(O)CC4)CC3)cc2)N1. The number of piperazine rings is 1. The van der Waals surface area contributed by atoms with E-state index in [-0.39, 0.29) is 29.9 Å². The van der Waals surface area contributed by atoms with Crippen LogP contribution in [0.5, 0.6) is 5.75 Å². The molecule has 0 bridgehead atoms. The molecule has 2 aromatic rings. The zero-order valence-electron chi connectivity index (χ0n) is 16.9. The zero-order valence-corrected chi connectivity index (χ0v) is 16.9. The summed E-state index contributed by atoms with van der Waals surface area (Å²) in [6.07, 6.45) is 1.29. The third kappa shape index (κ3) is 3.53. The highest BCUT2D eigenvalue weighted by molar-refractivity contribution is 6.02. The molecule has 31 heavy (non-hydrogen) atoms. The number of benzene rings is 2. The highest BCUT2D eigenvalue weighted by atomic mass is 16.3. The minimum absolute atomic E-state index is 0.0689. The number of amides is 3. The van der Waals surface area contributed by atoms with Crippen LogP contribution in [0.25, 0.3) is 11.1 Å². The van der Waals surface area contributed by atoms with Gasteiger partial charge in [0, 0.05) is 43.5 Å². The van der Waals surface area contributed by atoms with Crippen LogP contribution in [0.15, 0.2) is 36.4 Å². The Kier molecular flexibility index (Phi) is 4.48. The summed E-state index contributed by atoms with van der Waals surface area (Å²) >= 11 is 0. The van der Waals surface area contributed by atoms with Gasteiger partial charge >= 0.3 is 0 Å². The predicted molar refractivity (Wildman–Crippen MR) is 113 cm³/mol. The van der Waals surface area contributed by atoms with Crippen molar-refractivity contribution in [2.24, 2.45) is 0 Å². The fourth-order valence-corrected chi connectivity index (χ4v) is 4.29. The van der Waals surface area contributed by atoms with E-state index >= 15 is 0 Å². The van der Waals surface area contributed by atoms with Crippen LogP contribution in [0.2, 0.25) is 0 Å². The number of aliphatic hydroxyl groups is 1. The molecule has 8 nitrogen and oxygen atoms in total. The largest absolute Gasteiger partial charge is 0.508 e. The minimum Gasteiger partial charge on any atom is -0.508 e. The Bertz CT molecular complexity index is 1080. The molecule has 160 valence electrons. The Balaban J connectivity index is 1.29. The van der Waals surface area contributed by atoms with Crippen molar-refractivity contribution >= 4 is 23.4 Å². The predicted octanol–water partition coefficient (Wildman–Crippen LogP) is 1.36. The molecular formula is C23H23N3O5. The highest BCUT2D eigenvalue weighted by Crippen LogP contribution is 2.38. The van der Waals surface area contributed by atoms with E-state index in [0.717, 1.165) is 16.7 Å². The molecule has 3 N–H and O–H groups in total. The topological polar surface area (TPSA) is 110 Å². The molecule has 3 amide bonds. The Morgan fingerprint density at radius 3 is 2.26 bits per heavy atom. The second kappa shape index (κ2) is 7.09. The van der Waals surface area contributed by atoms with Gasteiger partial charge in [0.05, 0.1) is 6.42 Å². The molecule has 5 rings (SSSR count). The number of rotatable bonds is 3. The number of carbonyl (C=O) groups is 3. The summed E-state index contributed by atoms with van der Waals surface area (Å²) in [6.45, 7) is 1.69. The molecule has 2 heterocycles. The molecule has 0 radical (unpaired) electrons. The first kappa shape index (κ1) is 19.6. The summed E-state index contributed by atoms with van der Waals surface area (Å²) in [4.78, 5) is 40.3. The number of nitrogens with zero attached hydrogens (tertiary/aromatic N) is 2. The first-order chi connectivity index (χ1) is 14.8. The van der Waals surface area contributed by atoms with Crippen molar-refractivity contribution in [2.45, 2.75) is 24.9 Å². The fourth-order valence-electron chi connectivity index (χ4n) is 4.29. The lowest BCUT2D eigenvalue weighted by molar-refractivity contribution is -0.143. The normalized spacial score (nSPS) is 19.1. The van der Waals surface area contributed by atoms with Crippen molar-refractivity contribution in [1.29, 1.82) is 0 Å². The standard InChI is InChI=1S/C23H23N3O5/c27-16-11-17(18-13-20(28)24-19(18)12-16)14-1-3-15(4-2-14)21(29)25-7-9-26(10-8-25)22(30)23(31)5-6-23/h1-4,11-12,27,31H,5-10,13H2,(H,24,28). The van der Waals surface area contributed by atoms with Crippen LogP contribution in [0.4, 0.5) is 5.69 Å². The van der Waals surface area contributed by atoms with E-state index in [0.29, 0.717) is 50.3 Å². The van der Waals surface area contributed by atoms with Crippen molar-refractivity contribution in [1.82, 2.24) is 9.80 Å². The lowest BCUT2D eigenvalue weighted by Gasteiger charge is -2.35. The summed E-state index contributed by atoms with van der Waals surface area (Å²) in [5, 5.41) is 22.7. The van der Waals surface area contributed by atoms with E-state index in [1.165, 1.54) is 6.07 Å². The summed E-state index contributed by atoms with van der Waals surface area (Å²) in [6, 6.07) is 10.3. The molecule has 2 fully saturated rings. The van der Waals surface area contributed by atoms with E-state index in [9.17, 15) is 24.6 Å². The molecule has 0 spiro atoms. The Morgan fingerprint density at radius 1 is 0.968 bits per heavy atom. The van der Waals surface area contributed by atoms with Gasteiger partial charge in [-0.05, 0) is 47.7 Å². The third-order valence-electron chi connectivity index (χ3n) is 6.26. The van der Waals surface area contributed by atoms with Gasteiger partial charge in [-0.15, -0.1) is 0 Å². The molecule has 3 aliphatic rings. The molecule has 1 aliphatic carbocycles. The number of phenols is 1. The van der Waals surface area contributed by atoms with Gasteiger partial charge in [-0.1, -0.05) is 12.1 Å². The van der Waals surface area contributed by atoms with Gasteiger partial charge in [0.1, 0.15) is 11.4 Å². The molecule has 2 aromatic carbocycles. The maximum Gasteiger partial charge on any atom is 0.254 e. The average molecular weight is 421 g/mol. The molecule has 1 saturated carbocycles. The summed E-state index contributed by atoms with van der Waals surface area (Å²) in [5.74, 6) is -0.378. The second-order valence-electron chi connectivity index (χ2n) is 8.44. The van der Waals surface area contributed by atoms with Gasteiger partial charge in [0.2, 0.25) is 5.91 Å². The minimum atomic E-state index is -1.17. The number of hydrogen-bond acceptors (Lipinski definition) is 5. The van der Waals surface area contributed by atoms with Crippen molar-refractivity contribution in [3.8, 4) is 16.9 Å². The lowest BCUT2D eigenvalue weighted by atomic mass is 9.96. The Hall–Kier alpha value is -3.39. The second-order valence-corrected chi connectivity index (χ2v) is 8.44. The Labute approximate surface area is 179 Å². The quantitative estimate of drug-likeness (QED) is 0.693. The van der Waals surface area contributed by atoms with Gasteiger partial charge in [-0.3, -0.25) is 14.4 Å². The maximum atomic E-state index is 12.9. The highest BCUT2D eigenvalue weighted by Gasteiger charge is 2.50. The van der Waals surface area contributed by atoms with Gasteiger partial charge in [0.15, 0.2) is 0 Å². The molecule has 2 aliphatic heterocycles. The third-order valence-corrected chi connectivity index (χ3v) is 6.26. The lowest BCUT2D eigenvalue weighted by Crippen LogP contribution is -2.53. The van der Waals surface area contributed by atoms with Crippen LogP contribution in [0.1, 0.15) is 28.8 Å². The van der Waals surface area contributed by atoms with E-state index in [2.05, 4.69) is 5.32 Å². The van der Waals surface area contributed by atoms with Crippen LogP contribution < -0.4 is 5.32 Å². The van der Waals surface area contributed by atoms with E-state index in [1.54, 1.807) is 28.0 Å². The summed E-state index contributed by atoms with van der Waals surface area (Å²) in [7, 11) is 0. The smallest absolute Gasteiger partial charge is 0.254 e. The molecular weight excluding hydrogens is 398 g/mol. The van der Waals surface area contributed by atoms with Crippen LogP contribution in [-0.4, -0.2) is 69.5 Å². The van der Waals surface area contributed by atoms with Crippen molar-refractivity contribution in [2.75, 3.05) is 31.5 Å². The van der Waals surface area contributed by atoms with Crippen molar-refractivity contribution in [3.05, 3.63) is 47.5 Å². The molecule has 1 saturated heterocycles. The van der Waals surface area contributed by atoms with Gasteiger partial charge in [-0.2, -0.15) is 0 Å². The number of anilines is 1.